The van der Waals surface area contributed by atoms with Crippen LogP contribution in [0.2, 0.25) is 0 Å². The van der Waals surface area contributed by atoms with Crippen LogP contribution in [0.4, 0.5) is 0 Å². The Balaban J connectivity index is 1.82. The highest BCUT2D eigenvalue weighted by molar-refractivity contribution is 5.95. The van der Waals surface area contributed by atoms with Gasteiger partial charge < -0.3 is 10.1 Å². The molecular formula is C15H26N4O2. The third-order valence-corrected chi connectivity index (χ3v) is 3.82. The fourth-order valence-electron chi connectivity index (χ4n) is 2.61. The lowest BCUT2D eigenvalue weighted by Crippen LogP contribution is -2.48. The molecule has 2 rings (SSSR count). The van der Waals surface area contributed by atoms with E-state index in [4.69, 9.17) is 4.74 Å². The van der Waals surface area contributed by atoms with Crippen molar-refractivity contribution in [2.45, 2.75) is 26.9 Å². The van der Waals surface area contributed by atoms with E-state index in [1.165, 1.54) is 0 Å². The van der Waals surface area contributed by atoms with Crippen molar-refractivity contribution in [2.75, 3.05) is 32.8 Å². The molecule has 0 bridgehead atoms. The Morgan fingerprint density at radius 2 is 2.33 bits per heavy atom. The summed E-state index contributed by atoms with van der Waals surface area (Å²) in [5, 5.41) is 7.05. The first-order chi connectivity index (χ1) is 9.97. The maximum Gasteiger partial charge on any atom is 0.254 e. The zero-order chi connectivity index (χ0) is 15.4. The van der Waals surface area contributed by atoms with Crippen LogP contribution in [-0.2, 0) is 11.8 Å². The third-order valence-electron chi connectivity index (χ3n) is 3.82. The molecule has 0 spiro atoms. The quantitative estimate of drug-likeness (QED) is 0.873. The highest BCUT2D eigenvalue weighted by Crippen LogP contribution is 2.09. The number of nitrogens with zero attached hydrogens (tertiary/aromatic N) is 3. The molecule has 0 radical (unpaired) electrons. The van der Waals surface area contributed by atoms with Crippen molar-refractivity contribution in [3.05, 3.63) is 17.5 Å². The summed E-state index contributed by atoms with van der Waals surface area (Å²) in [5.41, 5.74) is 1.51. The Kier molecular flexibility index (Phi) is 5.36. The van der Waals surface area contributed by atoms with Crippen molar-refractivity contribution in [3.8, 4) is 0 Å². The second-order valence-corrected chi connectivity index (χ2v) is 6.12. The Morgan fingerprint density at radius 3 is 2.95 bits per heavy atom. The van der Waals surface area contributed by atoms with E-state index in [1.54, 1.807) is 10.9 Å². The van der Waals surface area contributed by atoms with Crippen molar-refractivity contribution in [2.24, 2.45) is 13.0 Å². The van der Waals surface area contributed by atoms with Gasteiger partial charge in [0.2, 0.25) is 0 Å². The highest BCUT2D eigenvalue weighted by Gasteiger charge is 2.22. The van der Waals surface area contributed by atoms with Gasteiger partial charge in [-0.05, 0) is 12.8 Å². The van der Waals surface area contributed by atoms with Gasteiger partial charge in [-0.1, -0.05) is 13.8 Å². The minimum Gasteiger partial charge on any atom is -0.374 e. The number of ether oxygens (including phenoxy) is 1. The number of aryl methyl sites for hydroxylation is 1. The summed E-state index contributed by atoms with van der Waals surface area (Å²) in [6.45, 7) is 10.5. The largest absolute Gasteiger partial charge is 0.374 e. The van der Waals surface area contributed by atoms with Gasteiger partial charge in [0, 0.05) is 38.9 Å². The first kappa shape index (κ1) is 16.0. The van der Waals surface area contributed by atoms with Crippen molar-refractivity contribution >= 4 is 5.91 Å². The second kappa shape index (κ2) is 7.04. The Morgan fingerprint density at radius 1 is 1.57 bits per heavy atom. The predicted molar refractivity (Wildman–Crippen MR) is 81.3 cm³/mol. The Hall–Kier alpha value is -1.40. The van der Waals surface area contributed by atoms with E-state index in [2.05, 4.69) is 29.2 Å². The molecule has 0 saturated carbocycles. The Labute approximate surface area is 126 Å². The van der Waals surface area contributed by atoms with Crippen LogP contribution in [-0.4, -0.2) is 59.5 Å². The molecule has 1 fully saturated rings. The maximum atomic E-state index is 12.1. The topological polar surface area (TPSA) is 59.4 Å². The number of nitrogens with one attached hydrogen (secondary N) is 1. The average Bonchev–Trinajstić information content (AvgIpc) is 2.76. The zero-order valence-electron chi connectivity index (χ0n) is 13.4. The Bertz CT molecular complexity index is 484. The summed E-state index contributed by atoms with van der Waals surface area (Å²) in [6.07, 6.45) is 1.68. The molecule has 1 aliphatic rings. The summed E-state index contributed by atoms with van der Waals surface area (Å²) in [4.78, 5) is 14.6. The smallest absolute Gasteiger partial charge is 0.254 e. The number of carbonyl (C=O) groups excluding carboxylic acids is 1. The normalized spacial score (nSPS) is 20.0. The summed E-state index contributed by atoms with van der Waals surface area (Å²) >= 11 is 0. The van der Waals surface area contributed by atoms with Crippen LogP contribution in [0.1, 0.15) is 29.9 Å². The first-order valence-corrected chi connectivity index (χ1v) is 7.58. The summed E-state index contributed by atoms with van der Waals surface area (Å²) in [7, 11) is 1.83. The van der Waals surface area contributed by atoms with Gasteiger partial charge in [-0.2, -0.15) is 5.10 Å². The standard InChI is InChI=1S/C15H26N4O2/c1-11(2)9-19-5-6-21-13(10-19)7-16-15(20)14-8-17-18(4)12(14)3/h8,11,13H,5-7,9-10H2,1-4H3,(H,16,20)/t13-/m1/s1. The average molecular weight is 294 g/mol. The molecule has 0 aliphatic carbocycles. The molecule has 6 heteroatoms. The van der Waals surface area contributed by atoms with Crippen LogP contribution in [0, 0.1) is 12.8 Å². The van der Waals surface area contributed by atoms with E-state index in [-0.39, 0.29) is 12.0 Å². The molecule has 1 aliphatic heterocycles. The predicted octanol–water partition coefficient (Wildman–Crippen LogP) is 0.815. The van der Waals surface area contributed by atoms with Gasteiger partial charge >= 0.3 is 0 Å². The van der Waals surface area contributed by atoms with E-state index < -0.39 is 0 Å². The molecule has 118 valence electrons. The SMILES string of the molecule is Cc1c(C(=O)NC[C@@H]2CN(CC(C)C)CCO2)cnn1C. The first-order valence-electron chi connectivity index (χ1n) is 7.58. The van der Waals surface area contributed by atoms with Crippen molar-refractivity contribution < 1.29 is 9.53 Å². The lowest BCUT2D eigenvalue weighted by atomic mass is 10.1. The monoisotopic (exact) mass is 294 g/mol. The highest BCUT2D eigenvalue weighted by atomic mass is 16.5. The number of morpholine rings is 1. The van der Waals surface area contributed by atoms with Gasteiger partial charge in [0.15, 0.2) is 0 Å². The molecule has 0 unspecified atom stereocenters. The number of rotatable bonds is 5. The third kappa shape index (κ3) is 4.28. The van der Waals surface area contributed by atoms with Gasteiger partial charge in [0.05, 0.1) is 24.5 Å². The van der Waals surface area contributed by atoms with Gasteiger partial charge in [0.25, 0.3) is 5.91 Å². The lowest BCUT2D eigenvalue weighted by molar-refractivity contribution is -0.0295. The molecule has 0 aromatic carbocycles. The van der Waals surface area contributed by atoms with E-state index in [9.17, 15) is 4.79 Å². The summed E-state index contributed by atoms with van der Waals surface area (Å²) in [5.74, 6) is 0.571. The molecule has 2 heterocycles. The zero-order valence-corrected chi connectivity index (χ0v) is 13.4. The van der Waals surface area contributed by atoms with Crippen LogP contribution in [0.25, 0.3) is 0 Å². The number of hydrogen-bond donors (Lipinski definition) is 1. The fourth-order valence-corrected chi connectivity index (χ4v) is 2.61. The van der Waals surface area contributed by atoms with Gasteiger partial charge in [-0.25, -0.2) is 0 Å². The molecule has 1 aromatic rings. The number of carbonyl (C=O) groups is 1. The molecule has 1 saturated heterocycles. The van der Waals surface area contributed by atoms with Crippen LogP contribution < -0.4 is 5.32 Å². The van der Waals surface area contributed by atoms with Crippen LogP contribution in [0.5, 0.6) is 0 Å². The molecular weight excluding hydrogens is 268 g/mol. The van der Waals surface area contributed by atoms with E-state index in [1.807, 2.05) is 14.0 Å². The molecule has 1 amide bonds. The van der Waals surface area contributed by atoms with E-state index in [0.717, 1.165) is 31.9 Å². The van der Waals surface area contributed by atoms with Gasteiger partial charge in [-0.15, -0.1) is 0 Å². The van der Waals surface area contributed by atoms with Gasteiger partial charge in [0.1, 0.15) is 0 Å². The second-order valence-electron chi connectivity index (χ2n) is 6.12. The number of hydrogen-bond acceptors (Lipinski definition) is 4. The van der Waals surface area contributed by atoms with E-state index in [0.29, 0.717) is 18.0 Å². The molecule has 21 heavy (non-hydrogen) atoms. The van der Waals surface area contributed by atoms with Crippen LogP contribution >= 0.6 is 0 Å². The number of aromatic nitrogens is 2. The molecule has 6 nitrogen and oxygen atoms in total. The number of amides is 1. The van der Waals surface area contributed by atoms with Crippen LogP contribution in [0.15, 0.2) is 6.20 Å². The fraction of sp³-hybridized carbons (Fsp3) is 0.733. The van der Waals surface area contributed by atoms with Crippen molar-refractivity contribution in [3.63, 3.8) is 0 Å². The molecule has 1 aromatic heterocycles. The summed E-state index contributed by atoms with van der Waals surface area (Å²) in [6, 6.07) is 0. The lowest BCUT2D eigenvalue weighted by Gasteiger charge is -2.33. The molecule has 1 atom stereocenters. The van der Waals surface area contributed by atoms with E-state index >= 15 is 0 Å². The van der Waals surface area contributed by atoms with Gasteiger partial charge in [-0.3, -0.25) is 14.4 Å². The van der Waals surface area contributed by atoms with Crippen molar-refractivity contribution in [1.82, 2.24) is 20.0 Å². The summed E-state index contributed by atoms with van der Waals surface area (Å²) < 4.78 is 7.44. The minimum absolute atomic E-state index is 0.0680. The minimum atomic E-state index is -0.0785. The van der Waals surface area contributed by atoms with Crippen LogP contribution in [0.3, 0.4) is 0 Å². The van der Waals surface area contributed by atoms with Crippen molar-refractivity contribution in [1.29, 1.82) is 0 Å². The maximum absolute atomic E-state index is 12.1. The molecule has 1 N–H and O–H groups in total.